The highest BCUT2D eigenvalue weighted by Gasteiger charge is 2.19. The van der Waals surface area contributed by atoms with Gasteiger partial charge in [0.1, 0.15) is 11.9 Å². The molecular formula is C26H43FNO6P. The van der Waals surface area contributed by atoms with Crippen LogP contribution < -0.4 is 0 Å². The fourth-order valence-corrected chi connectivity index (χ4v) is 4.13. The second kappa shape index (κ2) is 19.8. The van der Waals surface area contributed by atoms with E-state index in [1.807, 2.05) is 6.07 Å². The molecule has 0 amide bonds. The van der Waals surface area contributed by atoms with Crippen LogP contribution in [-0.4, -0.2) is 35.7 Å². The van der Waals surface area contributed by atoms with E-state index in [2.05, 4.69) is 11.4 Å². The summed E-state index contributed by atoms with van der Waals surface area (Å²) < 4.78 is 40.5. The standard InChI is InChI=1S/C26H43FNO6P/c1-2-3-4-5-6-7-8-9-10-11-12-13-14-15-32-21-26(22-34-35(29,30)31)33-20-24-16-23(19-28)17-25(27)18-24/h16-18,26H,2-15,20-22H2,1H3,(H2,29,30,31)/t26-/m1/s1. The van der Waals surface area contributed by atoms with Crippen LogP contribution in [0, 0.1) is 17.1 Å². The van der Waals surface area contributed by atoms with Gasteiger partial charge in [0, 0.05) is 6.61 Å². The third-order valence-electron chi connectivity index (χ3n) is 5.70. The summed E-state index contributed by atoms with van der Waals surface area (Å²) in [6, 6.07) is 5.74. The molecule has 0 aliphatic heterocycles. The highest BCUT2D eigenvalue weighted by molar-refractivity contribution is 7.46. The Morgan fingerprint density at radius 1 is 0.914 bits per heavy atom. The Bertz CT molecular complexity index is 767. The first kappa shape index (κ1) is 31.7. The highest BCUT2D eigenvalue weighted by atomic mass is 31.2. The van der Waals surface area contributed by atoms with Crippen LogP contribution in [0.4, 0.5) is 4.39 Å². The van der Waals surface area contributed by atoms with E-state index in [4.69, 9.17) is 24.5 Å². The van der Waals surface area contributed by atoms with E-state index in [-0.39, 0.29) is 25.4 Å². The van der Waals surface area contributed by atoms with Crippen LogP contribution in [-0.2, 0) is 25.2 Å². The quantitative estimate of drug-likeness (QED) is 0.129. The van der Waals surface area contributed by atoms with Gasteiger partial charge in [-0.1, -0.05) is 84.0 Å². The Labute approximate surface area is 210 Å². The summed E-state index contributed by atoms with van der Waals surface area (Å²) in [5.41, 5.74) is 0.615. The third kappa shape index (κ3) is 18.6. The Balaban J connectivity index is 2.18. The molecule has 1 aromatic rings. The van der Waals surface area contributed by atoms with Gasteiger partial charge in [0.25, 0.3) is 0 Å². The summed E-state index contributed by atoms with van der Waals surface area (Å²) >= 11 is 0. The fraction of sp³-hybridized carbons (Fsp3) is 0.731. The number of rotatable bonds is 22. The first-order chi connectivity index (χ1) is 16.8. The zero-order chi connectivity index (χ0) is 25.8. The lowest BCUT2D eigenvalue weighted by molar-refractivity contribution is -0.0493. The van der Waals surface area contributed by atoms with Gasteiger partial charge in [-0.15, -0.1) is 0 Å². The molecule has 2 N–H and O–H groups in total. The van der Waals surface area contributed by atoms with Gasteiger partial charge in [0.15, 0.2) is 0 Å². The molecule has 200 valence electrons. The van der Waals surface area contributed by atoms with Crippen LogP contribution in [0.5, 0.6) is 0 Å². The number of hydrogen-bond acceptors (Lipinski definition) is 5. The summed E-state index contributed by atoms with van der Waals surface area (Å²) in [7, 11) is -4.65. The van der Waals surface area contributed by atoms with Crippen molar-refractivity contribution in [1.82, 2.24) is 0 Å². The van der Waals surface area contributed by atoms with Crippen molar-refractivity contribution in [1.29, 1.82) is 5.26 Å². The van der Waals surface area contributed by atoms with Gasteiger partial charge < -0.3 is 19.3 Å². The lowest BCUT2D eigenvalue weighted by atomic mass is 10.0. The van der Waals surface area contributed by atoms with Gasteiger partial charge >= 0.3 is 7.82 Å². The van der Waals surface area contributed by atoms with Gasteiger partial charge in [-0.25, -0.2) is 8.96 Å². The van der Waals surface area contributed by atoms with Gasteiger partial charge in [-0.3, -0.25) is 4.52 Å². The van der Waals surface area contributed by atoms with Crippen molar-refractivity contribution in [3.05, 3.63) is 35.1 Å². The van der Waals surface area contributed by atoms with Crippen molar-refractivity contribution in [2.45, 2.75) is 103 Å². The van der Waals surface area contributed by atoms with E-state index >= 15 is 0 Å². The molecule has 9 heteroatoms. The Morgan fingerprint density at radius 2 is 1.49 bits per heavy atom. The third-order valence-corrected chi connectivity index (χ3v) is 6.18. The Kier molecular flexibility index (Phi) is 17.9. The van der Waals surface area contributed by atoms with Gasteiger partial charge in [0.2, 0.25) is 0 Å². The van der Waals surface area contributed by atoms with E-state index in [0.717, 1.165) is 18.9 Å². The van der Waals surface area contributed by atoms with Crippen molar-refractivity contribution in [3.8, 4) is 6.07 Å². The SMILES string of the molecule is CCCCCCCCCCCCCCCOC[C@H](COP(=O)(O)O)OCc1cc(F)cc(C#N)c1. The molecular weight excluding hydrogens is 472 g/mol. The number of halogens is 1. The smallest absolute Gasteiger partial charge is 0.379 e. The molecule has 7 nitrogen and oxygen atoms in total. The fourth-order valence-electron chi connectivity index (χ4n) is 3.77. The summed E-state index contributed by atoms with van der Waals surface area (Å²) in [5.74, 6) is -0.552. The number of ether oxygens (including phenoxy) is 2. The summed E-state index contributed by atoms with van der Waals surface area (Å²) in [5, 5.41) is 8.96. The molecule has 0 heterocycles. The topological polar surface area (TPSA) is 109 Å². The molecule has 0 aliphatic carbocycles. The largest absolute Gasteiger partial charge is 0.469 e. The summed E-state index contributed by atoms with van der Waals surface area (Å²) in [6.07, 6.45) is 15.7. The van der Waals surface area contributed by atoms with E-state index in [0.29, 0.717) is 12.2 Å². The van der Waals surface area contributed by atoms with Crippen molar-refractivity contribution < 1.29 is 32.7 Å². The molecule has 1 rings (SSSR count). The molecule has 0 fully saturated rings. The molecule has 0 spiro atoms. The minimum absolute atomic E-state index is 0.0380. The molecule has 0 saturated carbocycles. The number of unbranched alkanes of at least 4 members (excludes halogenated alkanes) is 12. The van der Waals surface area contributed by atoms with Crippen molar-refractivity contribution >= 4 is 7.82 Å². The molecule has 1 atom stereocenters. The van der Waals surface area contributed by atoms with E-state index in [1.165, 1.54) is 82.8 Å². The number of hydrogen-bond donors (Lipinski definition) is 2. The molecule has 1 aromatic carbocycles. The predicted octanol–water partition coefficient (Wildman–Crippen LogP) is 6.80. The summed E-state index contributed by atoms with van der Waals surface area (Å²) in [4.78, 5) is 17.9. The van der Waals surface area contributed by atoms with Crippen molar-refractivity contribution in [3.63, 3.8) is 0 Å². The minimum Gasteiger partial charge on any atom is -0.379 e. The van der Waals surface area contributed by atoms with Crippen molar-refractivity contribution in [2.24, 2.45) is 0 Å². The van der Waals surface area contributed by atoms with E-state index in [1.54, 1.807) is 0 Å². The lowest BCUT2D eigenvalue weighted by Gasteiger charge is -2.19. The van der Waals surface area contributed by atoms with Crippen LogP contribution in [0.3, 0.4) is 0 Å². The van der Waals surface area contributed by atoms with E-state index < -0.39 is 19.7 Å². The van der Waals surface area contributed by atoms with Gasteiger partial charge in [-0.05, 0) is 30.2 Å². The van der Waals surface area contributed by atoms with Crippen molar-refractivity contribution in [2.75, 3.05) is 19.8 Å². The average molecular weight is 516 g/mol. The van der Waals surface area contributed by atoms with Crippen LogP contribution in [0.15, 0.2) is 18.2 Å². The normalized spacial score (nSPS) is 12.5. The van der Waals surface area contributed by atoms with Gasteiger partial charge in [0.05, 0.1) is 31.5 Å². The lowest BCUT2D eigenvalue weighted by Crippen LogP contribution is -2.25. The minimum atomic E-state index is -4.65. The number of nitrogens with zero attached hydrogens (tertiary/aromatic N) is 1. The van der Waals surface area contributed by atoms with Crippen LogP contribution in [0.2, 0.25) is 0 Å². The molecule has 0 bridgehead atoms. The summed E-state index contributed by atoms with van der Waals surface area (Å²) in [6.45, 7) is 2.46. The average Bonchev–Trinajstić information content (AvgIpc) is 2.81. The molecule has 0 unspecified atom stereocenters. The first-order valence-corrected chi connectivity index (χ1v) is 14.5. The predicted molar refractivity (Wildman–Crippen MR) is 134 cm³/mol. The number of phosphoric ester groups is 1. The molecule has 0 aliphatic rings. The Morgan fingerprint density at radius 3 is 2.03 bits per heavy atom. The van der Waals surface area contributed by atoms with Crippen LogP contribution in [0.25, 0.3) is 0 Å². The Hall–Kier alpha value is -1.33. The molecule has 35 heavy (non-hydrogen) atoms. The highest BCUT2D eigenvalue weighted by Crippen LogP contribution is 2.36. The maximum atomic E-state index is 13.6. The monoisotopic (exact) mass is 515 g/mol. The van der Waals surface area contributed by atoms with Gasteiger partial charge in [-0.2, -0.15) is 5.26 Å². The maximum Gasteiger partial charge on any atom is 0.469 e. The number of phosphoric acid groups is 1. The first-order valence-electron chi connectivity index (χ1n) is 12.9. The molecule has 0 radical (unpaired) electrons. The van der Waals surface area contributed by atoms with E-state index in [9.17, 15) is 8.96 Å². The molecule has 0 aromatic heterocycles. The molecule has 0 saturated heterocycles. The zero-order valence-corrected chi connectivity index (χ0v) is 22.0. The zero-order valence-electron chi connectivity index (χ0n) is 21.1. The second-order valence-electron chi connectivity index (χ2n) is 9.00. The number of benzene rings is 1. The maximum absolute atomic E-state index is 13.6. The number of nitriles is 1. The van der Waals surface area contributed by atoms with Crippen LogP contribution >= 0.6 is 7.82 Å². The van der Waals surface area contributed by atoms with Crippen LogP contribution in [0.1, 0.15) is 102 Å². The second-order valence-corrected chi connectivity index (χ2v) is 10.2.